The summed E-state index contributed by atoms with van der Waals surface area (Å²) in [6, 6.07) is 8.81. The third-order valence-corrected chi connectivity index (χ3v) is 3.59. The van der Waals surface area contributed by atoms with Crippen LogP contribution in [0.3, 0.4) is 0 Å². The number of nitrogens with two attached hydrogens (primary N) is 1. The summed E-state index contributed by atoms with van der Waals surface area (Å²) < 4.78 is 5.37. The summed E-state index contributed by atoms with van der Waals surface area (Å²) >= 11 is 0. The highest BCUT2D eigenvalue weighted by Crippen LogP contribution is 2.21. The molecular weight excluding hydrogens is 198 g/mol. The van der Waals surface area contributed by atoms with Crippen LogP contribution in [-0.2, 0) is 11.2 Å². The number of hydrogen-bond donors (Lipinski definition) is 1. The van der Waals surface area contributed by atoms with Crippen LogP contribution in [0.5, 0.6) is 0 Å². The molecule has 2 heteroatoms. The van der Waals surface area contributed by atoms with Gasteiger partial charge in [-0.3, -0.25) is 0 Å². The maximum absolute atomic E-state index is 6.29. The van der Waals surface area contributed by atoms with Crippen molar-refractivity contribution in [1.29, 1.82) is 0 Å². The molecule has 1 saturated heterocycles. The van der Waals surface area contributed by atoms with Gasteiger partial charge < -0.3 is 10.5 Å². The number of aryl methyl sites for hydroxylation is 1. The fourth-order valence-electron chi connectivity index (χ4n) is 2.40. The normalized spacial score (nSPS) is 19.6. The zero-order chi connectivity index (χ0) is 11.4. The minimum absolute atomic E-state index is 0.282. The van der Waals surface area contributed by atoms with E-state index in [1.165, 1.54) is 11.1 Å². The van der Waals surface area contributed by atoms with Crippen molar-refractivity contribution in [1.82, 2.24) is 0 Å². The Morgan fingerprint density at radius 3 is 2.69 bits per heavy atom. The molecule has 1 unspecified atom stereocenters. The molecule has 1 atom stereocenters. The first-order chi connectivity index (χ1) is 7.77. The maximum atomic E-state index is 6.29. The second kappa shape index (κ2) is 5.46. The van der Waals surface area contributed by atoms with Gasteiger partial charge in [-0.15, -0.1) is 0 Å². The predicted octanol–water partition coefficient (Wildman–Crippen LogP) is 2.29. The molecule has 0 aliphatic carbocycles. The van der Waals surface area contributed by atoms with Crippen molar-refractivity contribution in [3.8, 4) is 0 Å². The average molecular weight is 219 g/mol. The summed E-state index contributed by atoms with van der Waals surface area (Å²) in [5, 5.41) is 0. The Hall–Kier alpha value is -0.860. The lowest BCUT2D eigenvalue weighted by atomic mass is 9.87. The predicted molar refractivity (Wildman–Crippen MR) is 66.4 cm³/mol. The molecule has 1 aromatic rings. The highest BCUT2D eigenvalue weighted by Gasteiger charge is 2.21. The second-order valence-corrected chi connectivity index (χ2v) is 4.74. The third-order valence-electron chi connectivity index (χ3n) is 3.59. The van der Waals surface area contributed by atoms with Crippen LogP contribution < -0.4 is 5.73 Å². The Balaban J connectivity index is 1.96. The molecule has 0 bridgehead atoms. The van der Waals surface area contributed by atoms with E-state index in [-0.39, 0.29) is 6.04 Å². The van der Waals surface area contributed by atoms with Gasteiger partial charge in [0.05, 0.1) is 0 Å². The molecule has 0 radical (unpaired) electrons. The van der Waals surface area contributed by atoms with Crippen LogP contribution in [-0.4, -0.2) is 19.3 Å². The maximum Gasteiger partial charge on any atom is 0.0469 e. The lowest BCUT2D eigenvalue weighted by Crippen LogP contribution is -2.36. The Morgan fingerprint density at radius 1 is 1.31 bits per heavy atom. The molecule has 1 fully saturated rings. The van der Waals surface area contributed by atoms with Gasteiger partial charge >= 0.3 is 0 Å². The number of hydrogen-bond acceptors (Lipinski definition) is 2. The lowest BCUT2D eigenvalue weighted by Gasteiger charge is -2.28. The molecule has 16 heavy (non-hydrogen) atoms. The lowest BCUT2D eigenvalue weighted by molar-refractivity contribution is 0.0585. The van der Waals surface area contributed by atoms with Crippen LogP contribution in [0.2, 0.25) is 0 Å². The molecule has 88 valence electrons. The van der Waals surface area contributed by atoms with E-state index in [0.29, 0.717) is 5.92 Å². The Kier molecular flexibility index (Phi) is 3.97. The van der Waals surface area contributed by atoms with E-state index < -0.39 is 0 Å². The monoisotopic (exact) mass is 219 g/mol. The quantitative estimate of drug-likeness (QED) is 0.846. The smallest absolute Gasteiger partial charge is 0.0469 e. The Labute approximate surface area is 97.8 Å². The molecule has 2 rings (SSSR count). The van der Waals surface area contributed by atoms with Crippen LogP contribution in [0.25, 0.3) is 0 Å². The van der Waals surface area contributed by atoms with Crippen molar-refractivity contribution in [2.45, 2.75) is 32.2 Å². The van der Waals surface area contributed by atoms with Gasteiger partial charge in [-0.05, 0) is 43.2 Å². The average Bonchev–Trinajstić information content (AvgIpc) is 2.33. The van der Waals surface area contributed by atoms with E-state index in [1.54, 1.807) is 0 Å². The fraction of sp³-hybridized carbons (Fsp3) is 0.571. The van der Waals surface area contributed by atoms with E-state index in [1.807, 2.05) is 0 Å². The summed E-state index contributed by atoms with van der Waals surface area (Å²) in [6.45, 7) is 3.92. The van der Waals surface area contributed by atoms with Gasteiger partial charge in [0, 0.05) is 19.3 Å². The first-order valence-corrected chi connectivity index (χ1v) is 6.15. The van der Waals surface area contributed by atoms with Crippen molar-refractivity contribution in [3.05, 3.63) is 35.4 Å². The van der Waals surface area contributed by atoms with E-state index in [2.05, 4.69) is 31.2 Å². The standard InChI is InChI=1S/C14H21NO/c1-11-4-2-3-5-13(11)10-14(15)12-6-8-16-9-7-12/h2-5,12,14H,6-10,15H2,1H3. The Morgan fingerprint density at radius 2 is 2.00 bits per heavy atom. The summed E-state index contributed by atoms with van der Waals surface area (Å²) in [7, 11) is 0. The highest BCUT2D eigenvalue weighted by atomic mass is 16.5. The van der Waals surface area contributed by atoms with Gasteiger partial charge in [0.1, 0.15) is 0 Å². The number of rotatable bonds is 3. The van der Waals surface area contributed by atoms with Gasteiger partial charge in [-0.1, -0.05) is 24.3 Å². The fourth-order valence-corrected chi connectivity index (χ4v) is 2.40. The summed E-state index contributed by atoms with van der Waals surface area (Å²) in [4.78, 5) is 0. The zero-order valence-electron chi connectivity index (χ0n) is 9.99. The van der Waals surface area contributed by atoms with E-state index >= 15 is 0 Å². The van der Waals surface area contributed by atoms with Gasteiger partial charge in [0.15, 0.2) is 0 Å². The number of benzene rings is 1. The van der Waals surface area contributed by atoms with E-state index in [4.69, 9.17) is 10.5 Å². The molecule has 1 aromatic carbocycles. The SMILES string of the molecule is Cc1ccccc1CC(N)C1CCOCC1. The van der Waals surface area contributed by atoms with Crippen LogP contribution in [0, 0.1) is 12.8 Å². The highest BCUT2D eigenvalue weighted by molar-refractivity contribution is 5.26. The first-order valence-electron chi connectivity index (χ1n) is 6.15. The molecule has 0 amide bonds. The van der Waals surface area contributed by atoms with Gasteiger partial charge in [0.2, 0.25) is 0 Å². The van der Waals surface area contributed by atoms with Crippen molar-refractivity contribution in [3.63, 3.8) is 0 Å². The van der Waals surface area contributed by atoms with Crippen LogP contribution in [0.15, 0.2) is 24.3 Å². The molecule has 0 aromatic heterocycles. The molecule has 1 aliphatic heterocycles. The van der Waals surface area contributed by atoms with Crippen molar-refractivity contribution >= 4 is 0 Å². The van der Waals surface area contributed by atoms with E-state index in [0.717, 1.165) is 32.5 Å². The molecule has 2 N–H and O–H groups in total. The molecule has 2 nitrogen and oxygen atoms in total. The summed E-state index contributed by atoms with van der Waals surface area (Å²) in [6.07, 6.45) is 3.23. The summed E-state index contributed by atoms with van der Waals surface area (Å²) in [5.41, 5.74) is 9.04. The summed E-state index contributed by atoms with van der Waals surface area (Å²) in [5.74, 6) is 0.633. The Bertz CT molecular complexity index is 331. The van der Waals surface area contributed by atoms with Crippen molar-refractivity contribution < 1.29 is 4.74 Å². The first kappa shape index (κ1) is 11.6. The van der Waals surface area contributed by atoms with Crippen LogP contribution >= 0.6 is 0 Å². The topological polar surface area (TPSA) is 35.2 Å². The van der Waals surface area contributed by atoms with Crippen LogP contribution in [0.4, 0.5) is 0 Å². The third kappa shape index (κ3) is 2.83. The zero-order valence-corrected chi connectivity index (χ0v) is 9.99. The minimum atomic E-state index is 0.282. The molecule has 0 spiro atoms. The van der Waals surface area contributed by atoms with Gasteiger partial charge in [-0.25, -0.2) is 0 Å². The van der Waals surface area contributed by atoms with Crippen LogP contribution in [0.1, 0.15) is 24.0 Å². The van der Waals surface area contributed by atoms with Crippen molar-refractivity contribution in [2.24, 2.45) is 11.7 Å². The number of ether oxygens (including phenoxy) is 1. The molecule has 0 saturated carbocycles. The van der Waals surface area contributed by atoms with Crippen molar-refractivity contribution in [2.75, 3.05) is 13.2 Å². The molecular formula is C14H21NO. The minimum Gasteiger partial charge on any atom is -0.381 e. The van der Waals surface area contributed by atoms with Gasteiger partial charge in [-0.2, -0.15) is 0 Å². The largest absolute Gasteiger partial charge is 0.381 e. The van der Waals surface area contributed by atoms with E-state index in [9.17, 15) is 0 Å². The second-order valence-electron chi connectivity index (χ2n) is 4.74. The molecule has 1 aliphatic rings. The molecule has 1 heterocycles. The van der Waals surface area contributed by atoms with Gasteiger partial charge in [0.25, 0.3) is 0 Å².